The number of aliphatic hydroxyl groups excluding tert-OH is 1. The minimum Gasteiger partial charge on any atom is -0.396 e. The zero-order chi connectivity index (χ0) is 8.81. The molecular weight excluding hydrogens is 152 g/mol. The predicted molar refractivity (Wildman–Crippen MR) is 48.8 cm³/mol. The van der Waals surface area contributed by atoms with E-state index in [1.54, 1.807) is 0 Å². The molecule has 1 atom stereocenters. The Morgan fingerprint density at radius 3 is 3.08 bits per heavy atom. The van der Waals surface area contributed by atoms with Crippen molar-refractivity contribution in [2.45, 2.75) is 25.9 Å². The Labute approximate surface area is 72.8 Å². The summed E-state index contributed by atoms with van der Waals surface area (Å²) in [4.78, 5) is 3.00. The normalized spacial score (nSPS) is 13.2. The lowest BCUT2D eigenvalue weighted by molar-refractivity contribution is 0.268. The standard InChI is InChI=1S/C9H16N2O/c1-8(3-5-12)11-7-9-2-4-10-6-9/h2,4,6,8,10-12H,3,5,7H2,1H3/t8-/m1/s1. The van der Waals surface area contributed by atoms with Gasteiger partial charge in [0, 0.05) is 31.6 Å². The van der Waals surface area contributed by atoms with Crippen molar-refractivity contribution in [3.8, 4) is 0 Å². The van der Waals surface area contributed by atoms with Crippen LogP contribution >= 0.6 is 0 Å². The molecule has 3 nitrogen and oxygen atoms in total. The summed E-state index contributed by atoms with van der Waals surface area (Å²) in [6, 6.07) is 2.42. The molecule has 0 amide bonds. The third-order valence-corrected chi connectivity index (χ3v) is 1.88. The molecule has 0 aromatic carbocycles. The highest BCUT2D eigenvalue weighted by Crippen LogP contribution is 1.97. The van der Waals surface area contributed by atoms with Gasteiger partial charge in [-0.25, -0.2) is 0 Å². The van der Waals surface area contributed by atoms with Crippen LogP contribution in [0, 0.1) is 0 Å². The van der Waals surface area contributed by atoms with Crippen LogP contribution in [0.2, 0.25) is 0 Å². The number of nitrogens with one attached hydrogen (secondary N) is 2. The second-order valence-corrected chi connectivity index (χ2v) is 3.01. The molecule has 0 saturated carbocycles. The molecule has 68 valence electrons. The first-order valence-corrected chi connectivity index (χ1v) is 4.29. The number of aromatic amines is 1. The first-order valence-electron chi connectivity index (χ1n) is 4.29. The summed E-state index contributed by atoms with van der Waals surface area (Å²) in [6.07, 6.45) is 4.69. The first-order chi connectivity index (χ1) is 5.83. The molecule has 1 aromatic heterocycles. The second-order valence-electron chi connectivity index (χ2n) is 3.01. The van der Waals surface area contributed by atoms with Crippen LogP contribution in [0.5, 0.6) is 0 Å². The highest BCUT2D eigenvalue weighted by atomic mass is 16.3. The largest absolute Gasteiger partial charge is 0.396 e. The zero-order valence-electron chi connectivity index (χ0n) is 7.38. The van der Waals surface area contributed by atoms with Crippen LogP contribution in [-0.4, -0.2) is 22.7 Å². The van der Waals surface area contributed by atoms with Crippen molar-refractivity contribution in [3.05, 3.63) is 24.0 Å². The van der Waals surface area contributed by atoms with E-state index in [0.717, 1.165) is 13.0 Å². The maximum absolute atomic E-state index is 8.65. The summed E-state index contributed by atoms with van der Waals surface area (Å²) in [7, 11) is 0. The highest BCUT2D eigenvalue weighted by Gasteiger charge is 1.99. The van der Waals surface area contributed by atoms with Crippen LogP contribution in [0.25, 0.3) is 0 Å². The SMILES string of the molecule is C[C@H](CCO)NCc1cc[nH]c1. The molecule has 0 bridgehead atoms. The van der Waals surface area contributed by atoms with Gasteiger partial charge in [0.2, 0.25) is 0 Å². The molecular formula is C9H16N2O. The van der Waals surface area contributed by atoms with Gasteiger partial charge in [0.05, 0.1) is 0 Å². The number of hydrogen-bond acceptors (Lipinski definition) is 2. The summed E-state index contributed by atoms with van der Waals surface area (Å²) >= 11 is 0. The third kappa shape index (κ3) is 3.07. The monoisotopic (exact) mass is 168 g/mol. The minimum absolute atomic E-state index is 0.251. The van der Waals surface area contributed by atoms with E-state index in [1.165, 1.54) is 5.56 Å². The van der Waals surface area contributed by atoms with Gasteiger partial charge in [-0.2, -0.15) is 0 Å². The predicted octanol–water partition coefficient (Wildman–Crippen LogP) is 0.875. The van der Waals surface area contributed by atoms with E-state index >= 15 is 0 Å². The molecule has 1 heterocycles. The third-order valence-electron chi connectivity index (χ3n) is 1.88. The van der Waals surface area contributed by atoms with Gasteiger partial charge < -0.3 is 15.4 Å². The second kappa shape index (κ2) is 4.95. The zero-order valence-corrected chi connectivity index (χ0v) is 7.38. The van der Waals surface area contributed by atoms with Gasteiger partial charge in [-0.3, -0.25) is 0 Å². The van der Waals surface area contributed by atoms with E-state index in [9.17, 15) is 0 Å². The van der Waals surface area contributed by atoms with E-state index in [4.69, 9.17) is 5.11 Å². The van der Waals surface area contributed by atoms with E-state index in [0.29, 0.717) is 6.04 Å². The van der Waals surface area contributed by atoms with Crippen LogP contribution in [0.3, 0.4) is 0 Å². The van der Waals surface area contributed by atoms with Crippen molar-refractivity contribution in [3.63, 3.8) is 0 Å². The molecule has 12 heavy (non-hydrogen) atoms. The Kier molecular flexibility index (Phi) is 3.84. The van der Waals surface area contributed by atoms with Crippen LogP contribution in [0.15, 0.2) is 18.5 Å². The van der Waals surface area contributed by atoms with E-state index in [2.05, 4.69) is 17.2 Å². The van der Waals surface area contributed by atoms with Gasteiger partial charge in [-0.1, -0.05) is 0 Å². The molecule has 0 aliphatic carbocycles. The summed E-state index contributed by atoms with van der Waals surface area (Å²) < 4.78 is 0. The fourth-order valence-corrected chi connectivity index (χ4v) is 1.06. The quantitative estimate of drug-likeness (QED) is 0.611. The number of hydrogen-bond donors (Lipinski definition) is 3. The van der Waals surface area contributed by atoms with E-state index < -0.39 is 0 Å². The minimum atomic E-state index is 0.251. The van der Waals surface area contributed by atoms with Crippen LogP contribution in [-0.2, 0) is 6.54 Å². The molecule has 0 saturated heterocycles. The van der Waals surface area contributed by atoms with Crippen LogP contribution in [0.4, 0.5) is 0 Å². The molecule has 0 radical (unpaired) electrons. The lowest BCUT2D eigenvalue weighted by Gasteiger charge is -2.10. The lowest BCUT2D eigenvalue weighted by Crippen LogP contribution is -2.26. The first kappa shape index (κ1) is 9.29. The number of aliphatic hydroxyl groups is 1. The van der Waals surface area contributed by atoms with Crippen LogP contribution in [0.1, 0.15) is 18.9 Å². The highest BCUT2D eigenvalue weighted by molar-refractivity contribution is 5.07. The fourth-order valence-electron chi connectivity index (χ4n) is 1.06. The number of aromatic nitrogens is 1. The molecule has 3 N–H and O–H groups in total. The van der Waals surface area contributed by atoms with Gasteiger partial charge >= 0.3 is 0 Å². The summed E-state index contributed by atoms with van der Waals surface area (Å²) in [6.45, 7) is 3.19. The van der Waals surface area contributed by atoms with Crippen molar-refractivity contribution < 1.29 is 5.11 Å². The number of H-pyrrole nitrogens is 1. The van der Waals surface area contributed by atoms with Gasteiger partial charge in [0.1, 0.15) is 0 Å². The summed E-state index contributed by atoms with van der Waals surface area (Å²) in [5.74, 6) is 0. The molecule has 0 aliphatic rings. The van der Waals surface area contributed by atoms with Crippen molar-refractivity contribution in [2.24, 2.45) is 0 Å². The molecule has 1 rings (SSSR count). The smallest absolute Gasteiger partial charge is 0.0445 e. The average molecular weight is 168 g/mol. The van der Waals surface area contributed by atoms with Gasteiger partial charge in [-0.05, 0) is 25.0 Å². The molecule has 0 spiro atoms. The van der Waals surface area contributed by atoms with Crippen molar-refractivity contribution >= 4 is 0 Å². The Balaban J connectivity index is 2.17. The van der Waals surface area contributed by atoms with E-state index in [1.807, 2.05) is 18.5 Å². The number of rotatable bonds is 5. The van der Waals surface area contributed by atoms with Crippen molar-refractivity contribution in [2.75, 3.05) is 6.61 Å². The van der Waals surface area contributed by atoms with Gasteiger partial charge in [0.15, 0.2) is 0 Å². The van der Waals surface area contributed by atoms with E-state index in [-0.39, 0.29) is 6.61 Å². The Morgan fingerprint density at radius 2 is 2.50 bits per heavy atom. The van der Waals surface area contributed by atoms with Gasteiger partial charge in [0.25, 0.3) is 0 Å². The maximum Gasteiger partial charge on any atom is 0.0445 e. The molecule has 0 fully saturated rings. The summed E-state index contributed by atoms with van der Waals surface area (Å²) in [5, 5.41) is 12.0. The van der Waals surface area contributed by atoms with Gasteiger partial charge in [-0.15, -0.1) is 0 Å². The topological polar surface area (TPSA) is 48.0 Å². The van der Waals surface area contributed by atoms with Crippen molar-refractivity contribution in [1.29, 1.82) is 0 Å². The summed E-state index contributed by atoms with van der Waals surface area (Å²) in [5.41, 5.74) is 1.25. The van der Waals surface area contributed by atoms with Crippen molar-refractivity contribution in [1.82, 2.24) is 10.3 Å². The molecule has 0 aliphatic heterocycles. The van der Waals surface area contributed by atoms with Crippen LogP contribution < -0.4 is 5.32 Å². The lowest BCUT2D eigenvalue weighted by atomic mass is 10.2. The molecule has 3 heteroatoms. The average Bonchev–Trinajstić information content (AvgIpc) is 2.53. The maximum atomic E-state index is 8.65. The Hall–Kier alpha value is -0.800. The molecule has 1 aromatic rings. The molecule has 0 unspecified atom stereocenters. The fraction of sp³-hybridized carbons (Fsp3) is 0.556. The Bertz CT molecular complexity index is 196. The Morgan fingerprint density at radius 1 is 1.67 bits per heavy atom.